The maximum absolute atomic E-state index is 6.01. The summed E-state index contributed by atoms with van der Waals surface area (Å²) in [7, 11) is 1.85. The number of hydrogen-bond donors (Lipinski definition) is 1. The highest BCUT2D eigenvalue weighted by Gasteiger charge is 2.33. The molecule has 0 unspecified atom stereocenters. The van der Waals surface area contributed by atoms with E-state index < -0.39 is 0 Å². The van der Waals surface area contributed by atoms with E-state index in [1.54, 1.807) is 0 Å². The first-order valence-corrected chi connectivity index (χ1v) is 8.88. The van der Waals surface area contributed by atoms with E-state index in [-0.39, 0.29) is 0 Å². The second-order valence-electron chi connectivity index (χ2n) is 6.59. The van der Waals surface area contributed by atoms with Crippen molar-refractivity contribution in [1.82, 2.24) is 10.2 Å². The summed E-state index contributed by atoms with van der Waals surface area (Å²) in [6, 6.07) is 9.66. The van der Waals surface area contributed by atoms with Crippen molar-refractivity contribution in [3.05, 3.63) is 34.9 Å². The van der Waals surface area contributed by atoms with Crippen LogP contribution in [-0.4, -0.2) is 49.8 Å². The van der Waals surface area contributed by atoms with Crippen LogP contribution in [0.3, 0.4) is 0 Å². The third kappa shape index (κ3) is 4.02. The molecule has 0 amide bonds. The van der Waals surface area contributed by atoms with Gasteiger partial charge in [-0.1, -0.05) is 23.7 Å². The third-order valence-electron chi connectivity index (χ3n) is 5.21. The van der Waals surface area contributed by atoms with Crippen molar-refractivity contribution < 1.29 is 4.74 Å². The standard InChI is InChI=1S/C18H27ClN2O/c1-22-18-8-11-21(16-6-9-20-10-7-16)17(13-18)12-14-2-4-15(19)5-3-14/h2-5,16-18,20H,6-13H2,1H3/t17-,18-/m0/s1. The van der Waals surface area contributed by atoms with Crippen molar-refractivity contribution in [3.8, 4) is 0 Å². The highest BCUT2D eigenvalue weighted by Crippen LogP contribution is 2.28. The van der Waals surface area contributed by atoms with Crippen LogP contribution in [0.15, 0.2) is 24.3 Å². The number of benzene rings is 1. The smallest absolute Gasteiger partial charge is 0.0598 e. The van der Waals surface area contributed by atoms with Crippen LogP contribution in [0.25, 0.3) is 0 Å². The Balaban J connectivity index is 1.70. The molecule has 0 bridgehead atoms. The lowest BCUT2D eigenvalue weighted by molar-refractivity contribution is -0.0121. The van der Waals surface area contributed by atoms with E-state index >= 15 is 0 Å². The largest absolute Gasteiger partial charge is 0.381 e. The molecule has 2 heterocycles. The normalized spacial score (nSPS) is 27.9. The van der Waals surface area contributed by atoms with E-state index in [9.17, 15) is 0 Å². The first-order chi connectivity index (χ1) is 10.8. The summed E-state index contributed by atoms with van der Waals surface area (Å²) in [5.41, 5.74) is 1.38. The minimum absolute atomic E-state index is 0.412. The third-order valence-corrected chi connectivity index (χ3v) is 5.46. The van der Waals surface area contributed by atoms with Crippen LogP contribution in [0, 0.1) is 0 Å². The van der Waals surface area contributed by atoms with Crippen LogP contribution >= 0.6 is 11.6 Å². The molecule has 2 aliphatic rings. The number of ether oxygens (including phenoxy) is 1. The molecule has 4 heteroatoms. The van der Waals surface area contributed by atoms with Crippen LogP contribution < -0.4 is 5.32 Å². The number of nitrogens with one attached hydrogen (secondary N) is 1. The first kappa shape index (κ1) is 16.3. The average Bonchev–Trinajstić information content (AvgIpc) is 2.57. The number of rotatable bonds is 4. The maximum Gasteiger partial charge on any atom is 0.0598 e. The quantitative estimate of drug-likeness (QED) is 0.922. The Hall–Kier alpha value is -0.610. The minimum Gasteiger partial charge on any atom is -0.381 e. The molecule has 0 aromatic heterocycles. The predicted molar refractivity (Wildman–Crippen MR) is 91.6 cm³/mol. The average molecular weight is 323 g/mol. The Morgan fingerprint density at radius 1 is 1.18 bits per heavy atom. The summed E-state index contributed by atoms with van der Waals surface area (Å²) in [6.45, 7) is 3.48. The van der Waals surface area contributed by atoms with Gasteiger partial charge in [0.25, 0.3) is 0 Å². The molecule has 2 atom stereocenters. The van der Waals surface area contributed by atoms with Gasteiger partial charge in [-0.3, -0.25) is 4.90 Å². The van der Waals surface area contributed by atoms with E-state index in [2.05, 4.69) is 22.3 Å². The van der Waals surface area contributed by atoms with E-state index in [4.69, 9.17) is 16.3 Å². The highest BCUT2D eigenvalue weighted by molar-refractivity contribution is 6.30. The zero-order chi connectivity index (χ0) is 15.4. The lowest BCUT2D eigenvalue weighted by atomic mass is 9.90. The van der Waals surface area contributed by atoms with Gasteiger partial charge >= 0.3 is 0 Å². The van der Waals surface area contributed by atoms with Crippen molar-refractivity contribution in [3.63, 3.8) is 0 Å². The van der Waals surface area contributed by atoms with Gasteiger partial charge in [0.15, 0.2) is 0 Å². The number of likely N-dealkylation sites (tertiary alicyclic amines) is 1. The van der Waals surface area contributed by atoms with Crippen LogP contribution in [0.2, 0.25) is 5.02 Å². The molecule has 0 aliphatic carbocycles. The van der Waals surface area contributed by atoms with Gasteiger partial charge in [0.05, 0.1) is 6.10 Å². The van der Waals surface area contributed by atoms with Crippen LogP contribution in [0.5, 0.6) is 0 Å². The Bertz CT molecular complexity index is 459. The van der Waals surface area contributed by atoms with E-state index in [0.717, 1.165) is 43.4 Å². The molecule has 0 radical (unpaired) electrons. The second-order valence-corrected chi connectivity index (χ2v) is 7.02. The van der Waals surface area contributed by atoms with Crippen molar-refractivity contribution in [2.45, 2.75) is 50.3 Å². The summed E-state index contributed by atoms with van der Waals surface area (Å²) in [4.78, 5) is 2.75. The van der Waals surface area contributed by atoms with Gasteiger partial charge in [-0.15, -0.1) is 0 Å². The van der Waals surface area contributed by atoms with E-state index in [0.29, 0.717) is 12.1 Å². The topological polar surface area (TPSA) is 24.5 Å². The molecule has 0 saturated carbocycles. The molecule has 22 heavy (non-hydrogen) atoms. The van der Waals surface area contributed by atoms with E-state index in [1.807, 2.05) is 19.2 Å². The molecule has 1 aromatic rings. The number of piperidine rings is 2. The Morgan fingerprint density at radius 2 is 1.91 bits per heavy atom. The van der Waals surface area contributed by atoms with Crippen LogP contribution in [-0.2, 0) is 11.2 Å². The van der Waals surface area contributed by atoms with Gasteiger partial charge in [0, 0.05) is 30.8 Å². The van der Waals surface area contributed by atoms with Crippen LogP contribution in [0.4, 0.5) is 0 Å². The summed E-state index contributed by atoms with van der Waals surface area (Å²) >= 11 is 6.01. The summed E-state index contributed by atoms with van der Waals surface area (Å²) in [5, 5.41) is 4.30. The summed E-state index contributed by atoms with van der Waals surface area (Å²) in [6.07, 6.45) is 6.36. The fourth-order valence-electron chi connectivity index (χ4n) is 3.96. The zero-order valence-electron chi connectivity index (χ0n) is 13.4. The highest BCUT2D eigenvalue weighted by atomic mass is 35.5. The van der Waals surface area contributed by atoms with Gasteiger partial charge in [-0.25, -0.2) is 0 Å². The second kappa shape index (κ2) is 7.78. The van der Waals surface area contributed by atoms with Gasteiger partial charge in [0.1, 0.15) is 0 Å². The van der Waals surface area contributed by atoms with Gasteiger partial charge in [0.2, 0.25) is 0 Å². The molecule has 0 spiro atoms. The lowest BCUT2D eigenvalue weighted by Gasteiger charge is -2.45. The molecule has 122 valence electrons. The zero-order valence-corrected chi connectivity index (χ0v) is 14.2. The minimum atomic E-state index is 0.412. The SMILES string of the molecule is CO[C@H]1CCN(C2CCNCC2)[C@@H](Cc2ccc(Cl)cc2)C1. The summed E-state index contributed by atoms with van der Waals surface area (Å²) < 4.78 is 5.65. The van der Waals surface area contributed by atoms with Gasteiger partial charge < -0.3 is 10.1 Å². The van der Waals surface area contributed by atoms with E-state index in [1.165, 1.54) is 24.9 Å². The number of hydrogen-bond acceptors (Lipinski definition) is 3. The summed E-state index contributed by atoms with van der Waals surface area (Å²) in [5.74, 6) is 0. The molecular weight excluding hydrogens is 296 g/mol. The molecule has 2 fully saturated rings. The fraction of sp³-hybridized carbons (Fsp3) is 0.667. The fourth-order valence-corrected chi connectivity index (χ4v) is 4.08. The Kier molecular flexibility index (Phi) is 5.75. The van der Waals surface area contributed by atoms with Gasteiger partial charge in [-0.05, 0) is 62.9 Å². The molecule has 2 aliphatic heterocycles. The monoisotopic (exact) mass is 322 g/mol. The van der Waals surface area contributed by atoms with Gasteiger partial charge in [-0.2, -0.15) is 0 Å². The molecule has 1 aromatic carbocycles. The van der Waals surface area contributed by atoms with Crippen molar-refractivity contribution in [1.29, 1.82) is 0 Å². The van der Waals surface area contributed by atoms with Crippen molar-refractivity contribution in [2.24, 2.45) is 0 Å². The number of methoxy groups -OCH3 is 1. The van der Waals surface area contributed by atoms with Crippen molar-refractivity contribution in [2.75, 3.05) is 26.7 Å². The first-order valence-electron chi connectivity index (χ1n) is 8.50. The molecule has 3 rings (SSSR count). The molecule has 3 nitrogen and oxygen atoms in total. The Morgan fingerprint density at radius 3 is 2.59 bits per heavy atom. The van der Waals surface area contributed by atoms with Crippen molar-refractivity contribution >= 4 is 11.6 Å². The molecular formula is C18H27ClN2O. The molecule has 1 N–H and O–H groups in total. The number of halogens is 1. The molecule has 2 saturated heterocycles. The van der Waals surface area contributed by atoms with Crippen LogP contribution in [0.1, 0.15) is 31.2 Å². The number of nitrogens with zero attached hydrogens (tertiary/aromatic N) is 1. The maximum atomic E-state index is 6.01. The lowest BCUT2D eigenvalue weighted by Crippen LogP contribution is -2.53. The Labute approximate surface area is 139 Å². The predicted octanol–water partition coefficient (Wildman–Crippen LogP) is 3.11.